The predicted molar refractivity (Wildman–Crippen MR) is 105 cm³/mol. The van der Waals surface area contributed by atoms with Crippen LogP contribution in [0, 0.1) is 5.92 Å². The standard InChI is InChI=1S/C22H38O5/c1-17(2)9-10-20(27-19(4)23)18(3)8-6-11-21(5)12-7-13-22(16-26-21)24-14-15-25-22/h9,18,20H,6-8,10-16H2,1-5H3. The molecule has 3 atom stereocenters. The molecule has 0 aromatic carbocycles. The third kappa shape index (κ3) is 7.20. The molecule has 0 amide bonds. The molecule has 0 bridgehead atoms. The molecule has 2 heterocycles. The molecule has 2 fully saturated rings. The van der Waals surface area contributed by atoms with Crippen molar-refractivity contribution in [3.05, 3.63) is 11.6 Å². The first-order valence-electron chi connectivity index (χ1n) is 10.5. The maximum atomic E-state index is 11.5. The summed E-state index contributed by atoms with van der Waals surface area (Å²) >= 11 is 0. The van der Waals surface area contributed by atoms with E-state index in [1.807, 2.05) is 0 Å². The molecule has 0 aromatic heterocycles. The highest BCUT2D eigenvalue weighted by atomic mass is 16.8. The van der Waals surface area contributed by atoms with Gasteiger partial charge in [-0.1, -0.05) is 25.0 Å². The summed E-state index contributed by atoms with van der Waals surface area (Å²) in [5, 5.41) is 0. The summed E-state index contributed by atoms with van der Waals surface area (Å²) in [6.45, 7) is 11.9. The molecule has 2 saturated heterocycles. The van der Waals surface area contributed by atoms with Crippen LogP contribution in [0.3, 0.4) is 0 Å². The fraction of sp³-hybridized carbons (Fsp3) is 0.864. The number of hydrogen-bond donors (Lipinski definition) is 0. The molecular weight excluding hydrogens is 344 g/mol. The van der Waals surface area contributed by atoms with Crippen LogP contribution in [0.4, 0.5) is 0 Å². The van der Waals surface area contributed by atoms with E-state index >= 15 is 0 Å². The van der Waals surface area contributed by atoms with Crippen molar-refractivity contribution in [2.45, 2.75) is 97.1 Å². The van der Waals surface area contributed by atoms with E-state index in [1.165, 1.54) is 12.5 Å². The van der Waals surface area contributed by atoms with E-state index in [1.54, 1.807) is 0 Å². The average Bonchev–Trinajstić information content (AvgIpc) is 2.98. The molecule has 156 valence electrons. The zero-order valence-electron chi connectivity index (χ0n) is 17.8. The molecule has 5 nitrogen and oxygen atoms in total. The second kappa shape index (κ2) is 10.0. The lowest BCUT2D eigenvalue weighted by molar-refractivity contribution is -0.208. The summed E-state index contributed by atoms with van der Waals surface area (Å²) in [6.07, 6.45) is 8.96. The Bertz CT molecular complexity index is 505. The first-order valence-corrected chi connectivity index (χ1v) is 10.5. The lowest BCUT2D eigenvalue weighted by Gasteiger charge is -2.31. The molecule has 0 radical (unpaired) electrons. The second-order valence-electron chi connectivity index (χ2n) is 8.73. The highest BCUT2D eigenvalue weighted by molar-refractivity contribution is 5.66. The van der Waals surface area contributed by atoms with E-state index in [-0.39, 0.29) is 17.7 Å². The van der Waals surface area contributed by atoms with Gasteiger partial charge in [0.25, 0.3) is 0 Å². The van der Waals surface area contributed by atoms with Crippen LogP contribution in [-0.2, 0) is 23.7 Å². The highest BCUT2D eigenvalue weighted by Crippen LogP contribution is 2.37. The van der Waals surface area contributed by atoms with Crippen LogP contribution in [0.2, 0.25) is 0 Å². The van der Waals surface area contributed by atoms with Gasteiger partial charge >= 0.3 is 5.97 Å². The van der Waals surface area contributed by atoms with Crippen LogP contribution in [0.5, 0.6) is 0 Å². The summed E-state index contributed by atoms with van der Waals surface area (Å²) in [5.74, 6) is -0.378. The molecule has 2 aliphatic heterocycles. The molecule has 0 aliphatic carbocycles. The summed E-state index contributed by atoms with van der Waals surface area (Å²) in [5.41, 5.74) is 1.12. The van der Waals surface area contributed by atoms with Crippen LogP contribution < -0.4 is 0 Å². The van der Waals surface area contributed by atoms with Crippen LogP contribution in [0.25, 0.3) is 0 Å². The van der Waals surface area contributed by atoms with Crippen molar-refractivity contribution in [1.82, 2.24) is 0 Å². The lowest BCUT2D eigenvalue weighted by Crippen LogP contribution is -2.37. The topological polar surface area (TPSA) is 54.0 Å². The van der Waals surface area contributed by atoms with Gasteiger partial charge in [-0.25, -0.2) is 0 Å². The number of esters is 1. The van der Waals surface area contributed by atoms with Gasteiger partial charge in [-0.05, 0) is 52.4 Å². The van der Waals surface area contributed by atoms with Crippen LogP contribution in [-0.4, -0.2) is 43.3 Å². The Kier molecular flexibility index (Phi) is 8.32. The van der Waals surface area contributed by atoms with Gasteiger partial charge in [-0.2, -0.15) is 0 Å². The van der Waals surface area contributed by atoms with Gasteiger partial charge in [-0.3, -0.25) is 4.79 Å². The van der Waals surface area contributed by atoms with Crippen molar-refractivity contribution in [2.24, 2.45) is 5.92 Å². The average molecular weight is 383 g/mol. The van der Waals surface area contributed by atoms with Gasteiger partial charge < -0.3 is 18.9 Å². The zero-order chi connectivity index (χ0) is 19.9. The largest absolute Gasteiger partial charge is 0.462 e. The second-order valence-corrected chi connectivity index (χ2v) is 8.73. The number of rotatable bonds is 8. The van der Waals surface area contributed by atoms with Crippen molar-refractivity contribution in [3.8, 4) is 0 Å². The Morgan fingerprint density at radius 2 is 1.85 bits per heavy atom. The van der Waals surface area contributed by atoms with Crippen LogP contribution >= 0.6 is 0 Å². The normalized spacial score (nSPS) is 27.0. The molecule has 0 saturated carbocycles. The van der Waals surface area contributed by atoms with Crippen molar-refractivity contribution < 1.29 is 23.7 Å². The molecule has 27 heavy (non-hydrogen) atoms. The Balaban J connectivity index is 1.81. The molecular formula is C22H38O5. The van der Waals surface area contributed by atoms with Gasteiger partial charge in [0.1, 0.15) is 12.7 Å². The van der Waals surface area contributed by atoms with E-state index < -0.39 is 5.79 Å². The summed E-state index contributed by atoms with van der Waals surface area (Å²) in [6, 6.07) is 0. The van der Waals surface area contributed by atoms with Crippen molar-refractivity contribution in [3.63, 3.8) is 0 Å². The molecule has 5 heteroatoms. The minimum absolute atomic E-state index is 0.0520. The van der Waals surface area contributed by atoms with Crippen molar-refractivity contribution in [2.75, 3.05) is 19.8 Å². The zero-order valence-corrected chi connectivity index (χ0v) is 17.8. The number of ether oxygens (including phenoxy) is 4. The Morgan fingerprint density at radius 1 is 1.15 bits per heavy atom. The quantitative estimate of drug-likeness (QED) is 0.446. The van der Waals surface area contributed by atoms with Gasteiger partial charge in [-0.15, -0.1) is 0 Å². The number of carbonyl (C=O) groups is 1. The third-order valence-corrected chi connectivity index (χ3v) is 5.79. The van der Waals surface area contributed by atoms with Crippen molar-refractivity contribution >= 4 is 5.97 Å². The van der Waals surface area contributed by atoms with Gasteiger partial charge in [0, 0.05) is 19.8 Å². The number of carbonyl (C=O) groups excluding carboxylic acids is 1. The first kappa shape index (κ1) is 22.4. The van der Waals surface area contributed by atoms with E-state index in [9.17, 15) is 4.79 Å². The van der Waals surface area contributed by atoms with E-state index in [0.29, 0.717) is 25.7 Å². The van der Waals surface area contributed by atoms with E-state index in [0.717, 1.165) is 44.9 Å². The van der Waals surface area contributed by atoms with Gasteiger partial charge in [0.2, 0.25) is 0 Å². The molecule has 0 aromatic rings. The molecule has 3 unspecified atom stereocenters. The van der Waals surface area contributed by atoms with Crippen LogP contribution in [0.15, 0.2) is 11.6 Å². The maximum absolute atomic E-state index is 11.5. The van der Waals surface area contributed by atoms with Gasteiger partial charge in [0.15, 0.2) is 5.79 Å². The monoisotopic (exact) mass is 382 g/mol. The van der Waals surface area contributed by atoms with Gasteiger partial charge in [0.05, 0.1) is 18.8 Å². The summed E-state index contributed by atoms with van der Waals surface area (Å²) < 4.78 is 23.5. The SMILES string of the molecule is CC(=O)OC(CC=C(C)C)C(C)CCCC1(C)CCCC2(CO1)OCCO2. The molecule has 2 rings (SSSR count). The molecule has 0 N–H and O–H groups in total. The Morgan fingerprint density at radius 3 is 2.48 bits per heavy atom. The first-order chi connectivity index (χ1) is 12.7. The Hall–Kier alpha value is -0.910. The molecule has 1 spiro atoms. The summed E-state index contributed by atoms with van der Waals surface area (Å²) in [7, 11) is 0. The van der Waals surface area contributed by atoms with Crippen molar-refractivity contribution in [1.29, 1.82) is 0 Å². The minimum Gasteiger partial charge on any atom is -0.462 e. The van der Waals surface area contributed by atoms with Crippen LogP contribution in [0.1, 0.15) is 79.6 Å². The third-order valence-electron chi connectivity index (χ3n) is 5.79. The molecule has 2 aliphatic rings. The fourth-order valence-corrected chi connectivity index (χ4v) is 4.03. The summed E-state index contributed by atoms with van der Waals surface area (Å²) in [4.78, 5) is 11.5. The van der Waals surface area contributed by atoms with E-state index in [2.05, 4.69) is 33.8 Å². The fourth-order valence-electron chi connectivity index (χ4n) is 4.03. The number of hydrogen-bond acceptors (Lipinski definition) is 5. The highest BCUT2D eigenvalue weighted by Gasteiger charge is 2.42. The maximum Gasteiger partial charge on any atom is 0.302 e. The smallest absolute Gasteiger partial charge is 0.302 e. The Labute approximate surface area is 164 Å². The predicted octanol–water partition coefficient (Wildman–Crippen LogP) is 4.78. The number of allylic oxidation sites excluding steroid dienone is 1. The van der Waals surface area contributed by atoms with E-state index in [4.69, 9.17) is 18.9 Å². The minimum atomic E-state index is -0.504. The lowest BCUT2D eigenvalue weighted by atomic mass is 9.88.